The lowest BCUT2D eigenvalue weighted by Gasteiger charge is -2.28. The van der Waals surface area contributed by atoms with E-state index in [1.165, 1.54) is 11.9 Å². The van der Waals surface area contributed by atoms with Crippen LogP contribution < -0.4 is 14.4 Å². The summed E-state index contributed by atoms with van der Waals surface area (Å²) < 4.78 is 51.8. The van der Waals surface area contributed by atoms with Gasteiger partial charge < -0.3 is 14.4 Å². The Bertz CT molecular complexity index is 786. The number of nitrogens with zero attached hydrogens (tertiary/aromatic N) is 3. The molecule has 2 aromatic rings. The smallest absolute Gasteiger partial charge is 0.421 e. The number of para-hydroxylation sites is 2. The Kier molecular flexibility index (Phi) is 5.87. The molecule has 0 aliphatic rings. The van der Waals surface area contributed by atoms with E-state index >= 15 is 0 Å². The van der Waals surface area contributed by atoms with E-state index in [4.69, 9.17) is 9.47 Å². The first-order valence-corrected chi connectivity index (χ1v) is 8.51. The molecule has 0 amide bonds. The van der Waals surface area contributed by atoms with Crippen LogP contribution in [0, 0.1) is 0 Å². The molecule has 0 fully saturated rings. The molecule has 0 spiro atoms. The topological polar surface area (TPSA) is 47.5 Å². The third-order valence-electron chi connectivity index (χ3n) is 3.35. The summed E-state index contributed by atoms with van der Waals surface area (Å²) in [6, 6.07) is 6.75. The van der Waals surface area contributed by atoms with Crippen molar-refractivity contribution in [2.24, 2.45) is 0 Å². The Morgan fingerprint density at radius 1 is 1.07 bits per heavy atom. The molecule has 1 aromatic carbocycles. The van der Waals surface area contributed by atoms with Gasteiger partial charge in [0.05, 0.1) is 11.8 Å². The first-order valence-electron chi connectivity index (χ1n) is 8.51. The minimum atomic E-state index is -4.61. The standard InChI is InChI=1S/C19H24F3N3O2/c1-12(2)26-17-23-11-13(19(20,21)22)16(24-17)25(6)14-9-7-8-10-15(14)27-18(3,4)5/h7-12H,1-6H3. The molecule has 0 bridgehead atoms. The van der Waals surface area contributed by atoms with Crippen molar-refractivity contribution in [3.63, 3.8) is 0 Å². The van der Waals surface area contributed by atoms with Gasteiger partial charge in [0.15, 0.2) is 5.82 Å². The fourth-order valence-electron chi connectivity index (χ4n) is 2.34. The van der Waals surface area contributed by atoms with Gasteiger partial charge in [-0.1, -0.05) is 12.1 Å². The fraction of sp³-hybridized carbons (Fsp3) is 0.474. The zero-order valence-corrected chi connectivity index (χ0v) is 16.3. The van der Waals surface area contributed by atoms with E-state index in [1.54, 1.807) is 38.1 Å². The highest BCUT2D eigenvalue weighted by molar-refractivity contribution is 5.68. The van der Waals surface area contributed by atoms with E-state index in [0.29, 0.717) is 11.4 Å². The van der Waals surface area contributed by atoms with Crippen LogP contribution in [0.3, 0.4) is 0 Å². The number of rotatable bonds is 5. The van der Waals surface area contributed by atoms with Crippen LogP contribution in [-0.2, 0) is 6.18 Å². The van der Waals surface area contributed by atoms with E-state index in [1.807, 2.05) is 20.8 Å². The molecule has 0 aliphatic heterocycles. The number of halogens is 3. The number of hydrogen-bond donors (Lipinski definition) is 0. The number of alkyl halides is 3. The Morgan fingerprint density at radius 2 is 1.70 bits per heavy atom. The first kappa shape index (κ1) is 20.8. The Hall–Kier alpha value is -2.51. The summed E-state index contributed by atoms with van der Waals surface area (Å²) in [5.74, 6) is 0.142. The molecular formula is C19H24F3N3O2. The van der Waals surface area contributed by atoms with Crippen molar-refractivity contribution in [1.82, 2.24) is 9.97 Å². The van der Waals surface area contributed by atoms with Crippen LogP contribution in [0.1, 0.15) is 40.2 Å². The third kappa shape index (κ3) is 5.48. The fourth-order valence-corrected chi connectivity index (χ4v) is 2.34. The lowest BCUT2D eigenvalue weighted by molar-refractivity contribution is -0.137. The maximum absolute atomic E-state index is 13.5. The van der Waals surface area contributed by atoms with E-state index in [2.05, 4.69) is 9.97 Å². The highest BCUT2D eigenvalue weighted by atomic mass is 19.4. The average molecular weight is 383 g/mol. The van der Waals surface area contributed by atoms with Crippen LogP contribution in [0.2, 0.25) is 0 Å². The second-order valence-electron chi connectivity index (χ2n) is 7.30. The second kappa shape index (κ2) is 7.62. The van der Waals surface area contributed by atoms with Crippen molar-refractivity contribution in [2.75, 3.05) is 11.9 Å². The van der Waals surface area contributed by atoms with E-state index in [9.17, 15) is 13.2 Å². The predicted molar refractivity (Wildman–Crippen MR) is 97.7 cm³/mol. The van der Waals surface area contributed by atoms with Crippen molar-refractivity contribution in [2.45, 2.75) is 52.5 Å². The Balaban J connectivity index is 2.56. The summed E-state index contributed by atoms with van der Waals surface area (Å²) >= 11 is 0. The monoisotopic (exact) mass is 383 g/mol. The highest BCUT2D eigenvalue weighted by Crippen LogP contribution is 2.40. The van der Waals surface area contributed by atoms with Gasteiger partial charge in [0.1, 0.15) is 16.9 Å². The number of ether oxygens (including phenoxy) is 2. The molecular weight excluding hydrogens is 359 g/mol. The molecule has 0 unspecified atom stereocenters. The number of anilines is 2. The van der Waals surface area contributed by atoms with Gasteiger partial charge in [-0.25, -0.2) is 4.98 Å². The van der Waals surface area contributed by atoms with Crippen molar-refractivity contribution in [1.29, 1.82) is 0 Å². The molecule has 148 valence electrons. The zero-order valence-electron chi connectivity index (χ0n) is 16.3. The summed E-state index contributed by atoms with van der Waals surface area (Å²) in [6.07, 6.45) is -4.14. The van der Waals surface area contributed by atoms with Crippen molar-refractivity contribution >= 4 is 11.5 Å². The Labute approximate surface area is 157 Å². The van der Waals surface area contributed by atoms with Gasteiger partial charge in [-0.05, 0) is 46.8 Å². The quantitative estimate of drug-likeness (QED) is 0.708. The van der Waals surface area contributed by atoms with Crippen molar-refractivity contribution < 1.29 is 22.6 Å². The molecule has 0 saturated heterocycles. The van der Waals surface area contributed by atoms with Gasteiger partial charge >= 0.3 is 12.2 Å². The SMILES string of the molecule is CC(C)Oc1ncc(C(F)(F)F)c(N(C)c2ccccc2OC(C)(C)C)n1. The van der Waals surface area contributed by atoms with E-state index in [0.717, 1.165) is 6.20 Å². The zero-order chi connectivity index (χ0) is 20.4. The Morgan fingerprint density at radius 3 is 2.26 bits per heavy atom. The van der Waals surface area contributed by atoms with Crippen molar-refractivity contribution in [3.8, 4) is 11.8 Å². The molecule has 27 heavy (non-hydrogen) atoms. The average Bonchev–Trinajstić information content (AvgIpc) is 2.51. The molecule has 0 radical (unpaired) electrons. The number of aromatic nitrogens is 2. The largest absolute Gasteiger partial charge is 0.486 e. The molecule has 8 heteroatoms. The molecule has 1 heterocycles. The minimum Gasteiger partial charge on any atom is -0.486 e. The van der Waals surface area contributed by atoms with Crippen LogP contribution in [0.5, 0.6) is 11.8 Å². The number of benzene rings is 1. The van der Waals surface area contributed by atoms with Crippen LogP contribution in [0.4, 0.5) is 24.7 Å². The predicted octanol–water partition coefficient (Wildman–Crippen LogP) is 5.23. The summed E-state index contributed by atoms with van der Waals surface area (Å²) in [7, 11) is 1.50. The van der Waals surface area contributed by atoms with Gasteiger partial charge in [0, 0.05) is 13.2 Å². The lowest BCUT2D eigenvalue weighted by Crippen LogP contribution is -2.25. The van der Waals surface area contributed by atoms with Gasteiger partial charge in [0.25, 0.3) is 0 Å². The molecule has 5 nitrogen and oxygen atoms in total. The summed E-state index contributed by atoms with van der Waals surface area (Å²) in [5.41, 5.74) is -1.01. The van der Waals surface area contributed by atoms with Crippen LogP contribution in [-0.4, -0.2) is 28.7 Å². The normalized spacial score (nSPS) is 12.2. The van der Waals surface area contributed by atoms with Crippen LogP contribution in [0.25, 0.3) is 0 Å². The minimum absolute atomic E-state index is 0.117. The van der Waals surface area contributed by atoms with E-state index < -0.39 is 17.3 Å². The van der Waals surface area contributed by atoms with Gasteiger partial charge in [-0.2, -0.15) is 18.2 Å². The summed E-state index contributed by atoms with van der Waals surface area (Å²) in [4.78, 5) is 9.03. The molecule has 0 N–H and O–H groups in total. The molecule has 0 atom stereocenters. The molecule has 1 aromatic heterocycles. The molecule has 0 aliphatic carbocycles. The van der Waals surface area contributed by atoms with Crippen LogP contribution in [0.15, 0.2) is 30.5 Å². The molecule has 0 saturated carbocycles. The van der Waals surface area contributed by atoms with Gasteiger partial charge in [-0.3, -0.25) is 0 Å². The van der Waals surface area contributed by atoms with Gasteiger partial charge in [0.2, 0.25) is 0 Å². The van der Waals surface area contributed by atoms with Gasteiger partial charge in [-0.15, -0.1) is 0 Å². The lowest BCUT2D eigenvalue weighted by atomic mass is 10.1. The van der Waals surface area contributed by atoms with Crippen molar-refractivity contribution in [3.05, 3.63) is 36.0 Å². The van der Waals surface area contributed by atoms with Crippen LogP contribution >= 0.6 is 0 Å². The highest BCUT2D eigenvalue weighted by Gasteiger charge is 2.37. The molecule has 2 rings (SSSR count). The van der Waals surface area contributed by atoms with E-state index in [-0.39, 0.29) is 17.9 Å². The summed E-state index contributed by atoms with van der Waals surface area (Å²) in [6.45, 7) is 9.09. The number of hydrogen-bond acceptors (Lipinski definition) is 5. The maximum atomic E-state index is 13.5. The second-order valence-corrected chi connectivity index (χ2v) is 7.30. The maximum Gasteiger partial charge on any atom is 0.421 e. The summed E-state index contributed by atoms with van der Waals surface area (Å²) in [5, 5.41) is 0. The third-order valence-corrected chi connectivity index (χ3v) is 3.35. The first-order chi connectivity index (χ1) is 12.4.